The van der Waals surface area contributed by atoms with Crippen LogP contribution in [-0.4, -0.2) is 42.6 Å². The van der Waals surface area contributed by atoms with Gasteiger partial charge in [0.2, 0.25) is 0 Å². The van der Waals surface area contributed by atoms with Gasteiger partial charge in [-0.05, 0) is 43.3 Å². The van der Waals surface area contributed by atoms with Crippen molar-refractivity contribution in [2.45, 2.75) is 38.3 Å². The molecule has 1 aromatic heterocycles. The first-order valence-corrected chi connectivity index (χ1v) is 10.1. The Morgan fingerprint density at radius 3 is 2.93 bits per heavy atom. The topological polar surface area (TPSA) is 65.1 Å². The van der Waals surface area contributed by atoms with E-state index in [1.807, 2.05) is 37.4 Å². The zero-order valence-corrected chi connectivity index (χ0v) is 17.0. The average molecular weight is 401 g/mol. The molecule has 3 heterocycles. The summed E-state index contributed by atoms with van der Waals surface area (Å²) in [4.78, 5) is 28.0. The highest BCUT2D eigenvalue weighted by atomic mass is 32.1. The Morgan fingerprint density at radius 1 is 1.32 bits per heavy atom. The van der Waals surface area contributed by atoms with Crippen molar-refractivity contribution in [1.82, 2.24) is 4.90 Å². The summed E-state index contributed by atoms with van der Waals surface area (Å²) in [6.07, 6.45) is 1.52. The Labute approximate surface area is 168 Å². The highest BCUT2D eigenvalue weighted by Crippen LogP contribution is 2.42. The van der Waals surface area contributed by atoms with Gasteiger partial charge in [0.1, 0.15) is 5.60 Å². The number of hydrogen-bond acceptors (Lipinski definition) is 6. The summed E-state index contributed by atoms with van der Waals surface area (Å²) in [5.74, 6) is 0.573. The number of thiophene rings is 1. The first-order valence-electron chi connectivity index (χ1n) is 9.27. The summed E-state index contributed by atoms with van der Waals surface area (Å²) in [5, 5.41) is 1.94. The minimum absolute atomic E-state index is 0.160. The van der Waals surface area contributed by atoms with Gasteiger partial charge in [-0.2, -0.15) is 0 Å². The average Bonchev–Trinajstić information content (AvgIpc) is 3.26. The van der Waals surface area contributed by atoms with Gasteiger partial charge in [-0.1, -0.05) is 12.1 Å². The van der Waals surface area contributed by atoms with Gasteiger partial charge >= 0.3 is 5.97 Å². The molecule has 0 fully saturated rings. The van der Waals surface area contributed by atoms with Gasteiger partial charge in [0.05, 0.1) is 7.11 Å². The van der Waals surface area contributed by atoms with Crippen molar-refractivity contribution < 1.29 is 23.8 Å². The lowest BCUT2D eigenvalue weighted by atomic mass is 10.00. The van der Waals surface area contributed by atoms with Crippen LogP contribution in [0.4, 0.5) is 0 Å². The quantitative estimate of drug-likeness (QED) is 0.737. The third kappa shape index (κ3) is 3.35. The highest BCUT2D eigenvalue weighted by molar-refractivity contribution is 7.10. The zero-order chi connectivity index (χ0) is 19.9. The van der Waals surface area contributed by atoms with E-state index in [2.05, 4.69) is 0 Å². The predicted molar refractivity (Wildman–Crippen MR) is 105 cm³/mol. The molecule has 0 N–H and O–H groups in total. The van der Waals surface area contributed by atoms with Gasteiger partial charge in [-0.3, -0.25) is 4.79 Å². The number of carbonyl (C=O) groups is 2. The van der Waals surface area contributed by atoms with Crippen LogP contribution in [0.5, 0.6) is 11.5 Å². The molecule has 28 heavy (non-hydrogen) atoms. The highest BCUT2D eigenvalue weighted by Gasteiger charge is 2.38. The van der Waals surface area contributed by atoms with Crippen LogP contribution in [0.2, 0.25) is 0 Å². The summed E-state index contributed by atoms with van der Waals surface area (Å²) in [7, 11) is 1.34. The number of esters is 1. The molecule has 0 radical (unpaired) electrons. The van der Waals surface area contributed by atoms with E-state index >= 15 is 0 Å². The number of carbonyl (C=O) groups excluding carboxylic acids is 2. The molecule has 0 aliphatic carbocycles. The molecule has 2 aliphatic rings. The van der Waals surface area contributed by atoms with Crippen molar-refractivity contribution in [3.8, 4) is 11.5 Å². The molecule has 0 spiro atoms. The number of benzene rings is 1. The monoisotopic (exact) mass is 401 g/mol. The minimum atomic E-state index is -0.715. The minimum Gasteiger partial charge on any atom is -0.483 e. The van der Waals surface area contributed by atoms with Gasteiger partial charge in [0.25, 0.3) is 5.91 Å². The first kappa shape index (κ1) is 18.8. The molecule has 1 amide bonds. The van der Waals surface area contributed by atoms with Crippen molar-refractivity contribution in [2.75, 3.05) is 20.3 Å². The SMILES string of the molecule is COC(=O)C1c2ccsc2CCN1C(=O)COc1cccc2c1OC(C)(C)C2. The summed E-state index contributed by atoms with van der Waals surface area (Å²) in [6.45, 7) is 4.35. The molecule has 1 atom stereocenters. The van der Waals surface area contributed by atoms with Gasteiger partial charge in [0.15, 0.2) is 24.1 Å². The summed E-state index contributed by atoms with van der Waals surface area (Å²) >= 11 is 1.60. The van der Waals surface area contributed by atoms with Crippen LogP contribution >= 0.6 is 11.3 Å². The fourth-order valence-electron chi connectivity index (χ4n) is 3.87. The normalized spacial score (nSPS) is 19.4. The van der Waals surface area contributed by atoms with Crippen LogP contribution in [0.25, 0.3) is 0 Å². The number of ether oxygens (including phenoxy) is 3. The van der Waals surface area contributed by atoms with Crippen LogP contribution in [0.1, 0.15) is 35.9 Å². The Bertz CT molecular complexity index is 919. The van der Waals surface area contributed by atoms with Crippen molar-refractivity contribution in [3.63, 3.8) is 0 Å². The fourth-order valence-corrected chi connectivity index (χ4v) is 4.78. The second kappa shape index (κ2) is 7.13. The summed E-state index contributed by atoms with van der Waals surface area (Å²) in [5.41, 5.74) is 1.63. The zero-order valence-electron chi connectivity index (χ0n) is 16.2. The van der Waals surface area contributed by atoms with Gasteiger partial charge in [0, 0.05) is 23.4 Å². The van der Waals surface area contributed by atoms with E-state index in [0.717, 1.165) is 28.8 Å². The number of nitrogens with zero attached hydrogens (tertiary/aromatic N) is 1. The van der Waals surface area contributed by atoms with Crippen LogP contribution in [-0.2, 0) is 27.2 Å². The molecule has 0 saturated carbocycles. The van der Waals surface area contributed by atoms with Crippen molar-refractivity contribution in [3.05, 3.63) is 45.6 Å². The smallest absolute Gasteiger partial charge is 0.333 e. The molecular weight excluding hydrogens is 378 g/mol. The number of hydrogen-bond donors (Lipinski definition) is 0. The number of para-hydroxylation sites is 1. The van der Waals surface area contributed by atoms with E-state index in [9.17, 15) is 9.59 Å². The van der Waals surface area contributed by atoms with Gasteiger partial charge in [-0.15, -0.1) is 11.3 Å². The Morgan fingerprint density at radius 2 is 2.14 bits per heavy atom. The van der Waals surface area contributed by atoms with Crippen molar-refractivity contribution in [1.29, 1.82) is 0 Å². The molecule has 0 saturated heterocycles. The summed E-state index contributed by atoms with van der Waals surface area (Å²) < 4.78 is 16.8. The Hall–Kier alpha value is -2.54. The maximum atomic E-state index is 12.9. The maximum absolute atomic E-state index is 12.9. The van der Waals surface area contributed by atoms with Crippen LogP contribution < -0.4 is 9.47 Å². The molecule has 1 unspecified atom stereocenters. The van der Waals surface area contributed by atoms with E-state index in [-0.39, 0.29) is 18.1 Å². The third-order valence-corrected chi connectivity index (χ3v) is 6.11. The molecule has 7 heteroatoms. The predicted octanol–water partition coefficient (Wildman–Crippen LogP) is 3.14. The van der Waals surface area contributed by atoms with Crippen LogP contribution in [0.3, 0.4) is 0 Å². The lowest BCUT2D eigenvalue weighted by Gasteiger charge is -2.33. The van der Waals surface area contributed by atoms with Crippen molar-refractivity contribution in [2.24, 2.45) is 0 Å². The Kier molecular flexibility index (Phi) is 4.79. The van der Waals surface area contributed by atoms with Gasteiger partial charge < -0.3 is 19.1 Å². The molecular formula is C21H23NO5S. The third-order valence-electron chi connectivity index (χ3n) is 5.12. The summed E-state index contributed by atoms with van der Waals surface area (Å²) in [6, 6.07) is 6.89. The molecule has 4 rings (SSSR count). The second-order valence-electron chi connectivity index (χ2n) is 7.63. The maximum Gasteiger partial charge on any atom is 0.333 e. The lowest BCUT2D eigenvalue weighted by molar-refractivity contribution is -0.154. The van der Waals surface area contributed by atoms with Crippen LogP contribution in [0, 0.1) is 0 Å². The van der Waals surface area contributed by atoms with E-state index < -0.39 is 12.0 Å². The van der Waals surface area contributed by atoms with E-state index in [0.29, 0.717) is 18.0 Å². The molecule has 2 aliphatic heterocycles. The van der Waals surface area contributed by atoms with Gasteiger partial charge in [-0.25, -0.2) is 4.79 Å². The lowest BCUT2D eigenvalue weighted by Crippen LogP contribution is -2.45. The molecule has 0 bridgehead atoms. The first-order chi connectivity index (χ1) is 13.4. The number of methoxy groups -OCH3 is 1. The van der Waals surface area contributed by atoms with E-state index in [1.165, 1.54) is 7.11 Å². The molecule has 6 nitrogen and oxygen atoms in total. The van der Waals surface area contributed by atoms with Crippen molar-refractivity contribution >= 4 is 23.2 Å². The fraction of sp³-hybridized carbons (Fsp3) is 0.429. The number of amides is 1. The molecule has 1 aromatic carbocycles. The van der Waals surface area contributed by atoms with E-state index in [4.69, 9.17) is 14.2 Å². The second-order valence-corrected chi connectivity index (χ2v) is 8.63. The largest absolute Gasteiger partial charge is 0.483 e. The number of rotatable bonds is 4. The standard InChI is InChI=1S/C21H23NO5S/c1-21(2)11-13-5-4-6-15(19(13)27-21)26-12-17(23)22-9-7-16-14(8-10-28-16)18(22)20(24)25-3/h4-6,8,10,18H,7,9,11-12H2,1-3H3. The number of fused-ring (bicyclic) bond motifs is 2. The Balaban J connectivity index is 1.51. The molecule has 2 aromatic rings. The van der Waals surface area contributed by atoms with E-state index in [1.54, 1.807) is 22.3 Å². The van der Waals surface area contributed by atoms with Crippen LogP contribution in [0.15, 0.2) is 29.6 Å². The molecule has 148 valence electrons.